The van der Waals surface area contributed by atoms with E-state index in [-0.39, 0.29) is 11.7 Å². The van der Waals surface area contributed by atoms with Crippen LogP contribution in [0.5, 0.6) is 5.75 Å². The molecule has 1 aliphatic heterocycles. The fraction of sp³-hybridized carbons (Fsp3) is 0. The van der Waals surface area contributed by atoms with Crippen LogP contribution < -0.4 is 4.90 Å². The van der Waals surface area contributed by atoms with Gasteiger partial charge < -0.3 is 9.52 Å². The second-order valence-corrected chi connectivity index (χ2v) is 8.29. The van der Waals surface area contributed by atoms with Gasteiger partial charge in [0.2, 0.25) is 0 Å². The average Bonchev–Trinajstić information content (AvgIpc) is 3.41. The van der Waals surface area contributed by atoms with E-state index in [4.69, 9.17) is 27.6 Å². The Morgan fingerprint density at radius 2 is 1.64 bits per heavy atom. The minimum atomic E-state index is -0.269. The molecule has 0 saturated carbocycles. The van der Waals surface area contributed by atoms with Crippen LogP contribution in [0.2, 0.25) is 10.0 Å². The third-order valence-electron chi connectivity index (χ3n) is 5.29. The summed E-state index contributed by atoms with van der Waals surface area (Å²) in [6.45, 7) is 0. The number of carbonyl (C=O) groups excluding carboxylic acids is 1. The molecule has 4 nitrogen and oxygen atoms in total. The van der Waals surface area contributed by atoms with Gasteiger partial charge in [-0.15, -0.1) is 0 Å². The van der Waals surface area contributed by atoms with Gasteiger partial charge in [-0.25, -0.2) is 0 Å². The van der Waals surface area contributed by atoms with Crippen molar-refractivity contribution in [1.29, 1.82) is 0 Å². The predicted octanol–water partition coefficient (Wildman–Crippen LogP) is 7.43. The minimum Gasteiger partial charge on any atom is -0.506 e. The lowest BCUT2D eigenvalue weighted by atomic mass is 10.1. The topological polar surface area (TPSA) is 53.7 Å². The minimum absolute atomic E-state index is 0.0183. The Balaban J connectivity index is 1.57. The lowest BCUT2D eigenvalue weighted by Crippen LogP contribution is -2.25. The molecule has 0 saturated heterocycles. The summed E-state index contributed by atoms with van der Waals surface area (Å²) in [6, 6.07) is 25.0. The number of halogens is 2. The summed E-state index contributed by atoms with van der Waals surface area (Å²) in [7, 11) is 0. The second kappa shape index (κ2) is 8.66. The predicted molar refractivity (Wildman–Crippen MR) is 132 cm³/mol. The van der Waals surface area contributed by atoms with Crippen molar-refractivity contribution in [2.45, 2.75) is 0 Å². The molecule has 0 radical (unpaired) electrons. The largest absolute Gasteiger partial charge is 0.506 e. The molecule has 0 spiro atoms. The van der Waals surface area contributed by atoms with E-state index in [0.29, 0.717) is 44.1 Å². The summed E-state index contributed by atoms with van der Waals surface area (Å²) in [5, 5.41) is 11.5. The summed E-state index contributed by atoms with van der Waals surface area (Å²) in [5.74, 6) is 0.788. The molecule has 6 heteroatoms. The van der Waals surface area contributed by atoms with Crippen LogP contribution in [0, 0.1) is 0 Å². The first-order valence-electron chi connectivity index (χ1n) is 10.2. The van der Waals surface area contributed by atoms with E-state index in [1.807, 2.05) is 30.3 Å². The number of aromatic hydroxyl groups is 1. The normalized spacial score (nSPS) is 14.7. The highest BCUT2D eigenvalue weighted by molar-refractivity contribution is 6.35. The van der Waals surface area contributed by atoms with Crippen LogP contribution in [0.25, 0.3) is 23.1 Å². The van der Waals surface area contributed by atoms with E-state index >= 15 is 0 Å². The van der Waals surface area contributed by atoms with Gasteiger partial charge in [-0.1, -0.05) is 65.7 Å². The molecule has 0 fully saturated rings. The number of carbonyl (C=O) groups is 1. The zero-order valence-corrected chi connectivity index (χ0v) is 18.7. The quantitative estimate of drug-likeness (QED) is 0.313. The number of phenolic OH excluding ortho intramolecular Hbond substituents is 1. The molecule has 0 unspecified atom stereocenters. The number of amides is 1. The molecule has 1 amide bonds. The van der Waals surface area contributed by atoms with E-state index in [9.17, 15) is 9.90 Å². The molecule has 0 aliphatic carbocycles. The number of nitrogens with zero attached hydrogens (tertiary/aromatic N) is 1. The van der Waals surface area contributed by atoms with Gasteiger partial charge in [0.15, 0.2) is 0 Å². The fourth-order valence-corrected chi connectivity index (χ4v) is 4.13. The molecule has 0 bridgehead atoms. The number of phenols is 1. The highest BCUT2D eigenvalue weighted by atomic mass is 35.5. The third-order valence-corrected chi connectivity index (χ3v) is 5.86. The molecular formula is C27H17Cl2NO3. The summed E-state index contributed by atoms with van der Waals surface area (Å²) < 4.78 is 5.95. The Morgan fingerprint density at radius 3 is 2.42 bits per heavy atom. The third kappa shape index (κ3) is 4.07. The number of para-hydroxylation sites is 2. The Morgan fingerprint density at radius 1 is 0.879 bits per heavy atom. The number of rotatable bonds is 4. The zero-order chi connectivity index (χ0) is 22.9. The van der Waals surface area contributed by atoms with Gasteiger partial charge in [-0.2, -0.15) is 0 Å². The van der Waals surface area contributed by atoms with Gasteiger partial charge in [-0.3, -0.25) is 9.69 Å². The molecular weight excluding hydrogens is 457 g/mol. The molecule has 1 aliphatic rings. The van der Waals surface area contributed by atoms with Crippen molar-refractivity contribution in [3.05, 3.63) is 118 Å². The van der Waals surface area contributed by atoms with Crippen molar-refractivity contribution >= 4 is 46.6 Å². The maximum absolute atomic E-state index is 13.4. The number of hydrogen-bond acceptors (Lipinski definition) is 3. The summed E-state index contributed by atoms with van der Waals surface area (Å²) in [4.78, 5) is 14.9. The van der Waals surface area contributed by atoms with Crippen molar-refractivity contribution in [1.82, 2.24) is 0 Å². The van der Waals surface area contributed by atoms with Crippen LogP contribution in [0.15, 0.2) is 101 Å². The monoisotopic (exact) mass is 473 g/mol. The summed E-state index contributed by atoms with van der Waals surface area (Å²) in [6.07, 6.45) is 3.46. The molecule has 1 aromatic heterocycles. The Hall–Kier alpha value is -3.73. The smallest absolute Gasteiger partial charge is 0.263 e. The number of benzene rings is 3. The van der Waals surface area contributed by atoms with Gasteiger partial charge in [0, 0.05) is 16.2 Å². The zero-order valence-electron chi connectivity index (χ0n) is 17.2. The van der Waals surface area contributed by atoms with Gasteiger partial charge in [0.25, 0.3) is 5.91 Å². The van der Waals surface area contributed by atoms with E-state index < -0.39 is 0 Å². The Kier molecular flexibility index (Phi) is 5.55. The molecule has 5 rings (SSSR count). The van der Waals surface area contributed by atoms with E-state index in [1.54, 1.807) is 66.7 Å². The van der Waals surface area contributed by atoms with E-state index in [2.05, 4.69) is 0 Å². The first kappa shape index (κ1) is 21.1. The second-order valence-electron chi connectivity index (χ2n) is 7.45. The van der Waals surface area contributed by atoms with Crippen molar-refractivity contribution in [2.24, 2.45) is 0 Å². The van der Waals surface area contributed by atoms with Crippen molar-refractivity contribution < 1.29 is 14.3 Å². The lowest BCUT2D eigenvalue weighted by Gasteiger charge is -2.21. The van der Waals surface area contributed by atoms with Gasteiger partial charge in [0.05, 0.1) is 16.4 Å². The molecule has 33 heavy (non-hydrogen) atoms. The van der Waals surface area contributed by atoms with Crippen LogP contribution in [0.4, 0.5) is 5.69 Å². The molecule has 4 aromatic rings. The first-order valence-corrected chi connectivity index (χ1v) is 10.9. The highest BCUT2D eigenvalue weighted by Crippen LogP contribution is 2.39. The molecule has 0 atom stereocenters. The van der Waals surface area contributed by atoms with Crippen LogP contribution in [0.3, 0.4) is 0 Å². The van der Waals surface area contributed by atoms with Crippen molar-refractivity contribution in [3.8, 4) is 17.1 Å². The Bertz CT molecular complexity index is 1420. The van der Waals surface area contributed by atoms with E-state index in [1.165, 1.54) is 4.90 Å². The van der Waals surface area contributed by atoms with Crippen LogP contribution >= 0.6 is 23.2 Å². The molecule has 1 N–H and O–H groups in total. The summed E-state index contributed by atoms with van der Waals surface area (Å²) in [5.41, 5.74) is 3.02. The van der Waals surface area contributed by atoms with Crippen LogP contribution in [-0.4, -0.2) is 11.0 Å². The number of furan rings is 1. The van der Waals surface area contributed by atoms with Gasteiger partial charge in [0.1, 0.15) is 17.3 Å². The number of anilines is 1. The van der Waals surface area contributed by atoms with Gasteiger partial charge >= 0.3 is 0 Å². The molecule has 2 heterocycles. The average molecular weight is 474 g/mol. The number of hydrogen-bond donors (Lipinski definition) is 1. The highest BCUT2D eigenvalue weighted by Gasteiger charge is 2.32. The van der Waals surface area contributed by atoms with E-state index in [0.717, 1.165) is 5.56 Å². The molecule has 3 aromatic carbocycles. The van der Waals surface area contributed by atoms with Crippen molar-refractivity contribution in [2.75, 3.05) is 4.90 Å². The maximum atomic E-state index is 13.4. The first-order chi connectivity index (χ1) is 16.0. The standard InChI is InChI=1S/C27H17Cl2NO3/c28-19-10-12-22(29)21(16-19)26-13-11-20(33-26)14-18-15-24(17-6-2-1-3-7-17)30(27(18)32)23-8-4-5-9-25(23)31/h1-16,31H. The van der Waals surface area contributed by atoms with Crippen LogP contribution in [0.1, 0.15) is 11.3 Å². The SMILES string of the molecule is O=C1C(=Cc2ccc(-c3cc(Cl)ccc3Cl)o2)C=C(c2ccccc2)N1c1ccccc1O. The maximum Gasteiger partial charge on any atom is 0.263 e. The summed E-state index contributed by atoms with van der Waals surface area (Å²) >= 11 is 12.4. The lowest BCUT2D eigenvalue weighted by molar-refractivity contribution is -0.113. The fourth-order valence-electron chi connectivity index (χ4n) is 3.74. The van der Waals surface area contributed by atoms with Crippen LogP contribution in [-0.2, 0) is 4.79 Å². The molecule has 162 valence electrons. The van der Waals surface area contributed by atoms with Gasteiger partial charge in [-0.05, 0) is 60.2 Å². The Labute approximate surface area is 200 Å². The van der Waals surface area contributed by atoms with Crippen molar-refractivity contribution in [3.63, 3.8) is 0 Å².